The summed E-state index contributed by atoms with van der Waals surface area (Å²) < 4.78 is 0. The lowest BCUT2D eigenvalue weighted by molar-refractivity contribution is -0.133. The topological polar surface area (TPSA) is 23.6 Å². The lowest BCUT2D eigenvalue weighted by Gasteiger charge is -2.35. The summed E-state index contributed by atoms with van der Waals surface area (Å²) >= 11 is 0. The van der Waals surface area contributed by atoms with Crippen LogP contribution in [0.25, 0.3) is 0 Å². The summed E-state index contributed by atoms with van der Waals surface area (Å²) in [6.07, 6.45) is 2.90. The van der Waals surface area contributed by atoms with Crippen molar-refractivity contribution in [3.05, 3.63) is 35.9 Å². The van der Waals surface area contributed by atoms with Gasteiger partial charge in [0.25, 0.3) is 0 Å². The molecule has 2 rings (SSSR count). The van der Waals surface area contributed by atoms with Gasteiger partial charge in [-0.15, -0.1) is 0 Å². The molecule has 1 heterocycles. The minimum atomic E-state index is 0.343. The molecule has 1 saturated heterocycles. The fraction of sp³-hybridized carbons (Fsp3) is 0.611. The standard InChI is InChI=1S/C18H28N2O/c1-16(2)7-6-10-18(21)20-13-11-19(12-14-20)15-17-8-4-3-5-9-17/h3-5,8-9,16H,6-7,10-15H2,1-2H3. The number of piperazine rings is 1. The van der Waals surface area contributed by atoms with Crippen LogP contribution in [0.3, 0.4) is 0 Å². The second-order valence-electron chi connectivity index (χ2n) is 6.43. The van der Waals surface area contributed by atoms with Gasteiger partial charge in [-0.2, -0.15) is 0 Å². The van der Waals surface area contributed by atoms with Crippen molar-refractivity contribution in [2.45, 2.75) is 39.7 Å². The molecule has 0 aliphatic carbocycles. The summed E-state index contributed by atoms with van der Waals surface area (Å²) in [5.41, 5.74) is 1.36. The third-order valence-electron chi connectivity index (χ3n) is 4.15. The predicted molar refractivity (Wildman–Crippen MR) is 87.0 cm³/mol. The van der Waals surface area contributed by atoms with Gasteiger partial charge in [-0.3, -0.25) is 9.69 Å². The summed E-state index contributed by atoms with van der Waals surface area (Å²) in [4.78, 5) is 16.6. The number of hydrogen-bond donors (Lipinski definition) is 0. The van der Waals surface area contributed by atoms with E-state index < -0.39 is 0 Å². The van der Waals surface area contributed by atoms with E-state index in [2.05, 4.69) is 49.1 Å². The van der Waals surface area contributed by atoms with Crippen LogP contribution in [0.15, 0.2) is 30.3 Å². The Kier molecular flexibility index (Phi) is 6.24. The molecule has 0 bridgehead atoms. The molecule has 1 amide bonds. The van der Waals surface area contributed by atoms with Crippen molar-refractivity contribution in [1.82, 2.24) is 9.80 Å². The third kappa shape index (κ3) is 5.50. The van der Waals surface area contributed by atoms with E-state index in [9.17, 15) is 4.79 Å². The van der Waals surface area contributed by atoms with Gasteiger partial charge in [0.1, 0.15) is 0 Å². The summed E-state index contributed by atoms with van der Waals surface area (Å²) in [6.45, 7) is 9.17. The molecule has 0 saturated carbocycles. The molecule has 0 atom stereocenters. The average Bonchev–Trinajstić information content (AvgIpc) is 2.48. The highest BCUT2D eigenvalue weighted by Crippen LogP contribution is 2.12. The Morgan fingerprint density at radius 2 is 1.76 bits per heavy atom. The quantitative estimate of drug-likeness (QED) is 0.803. The van der Waals surface area contributed by atoms with Crippen LogP contribution in [0.4, 0.5) is 0 Å². The Hall–Kier alpha value is -1.35. The molecule has 0 N–H and O–H groups in total. The smallest absolute Gasteiger partial charge is 0.222 e. The van der Waals surface area contributed by atoms with E-state index in [0.717, 1.165) is 52.0 Å². The van der Waals surface area contributed by atoms with E-state index in [4.69, 9.17) is 0 Å². The molecule has 1 aromatic carbocycles. The van der Waals surface area contributed by atoms with Crippen LogP contribution in [-0.4, -0.2) is 41.9 Å². The number of hydrogen-bond acceptors (Lipinski definition) is 2. The van der Waals surface area contributed by atoms with Crippen molar-refractivity contribution in [3.8, 4) is 0 Å². The highest BCUT2D eigenvalue weighted by atomic mass is 16.2. The number of carbonyl (C=O) groups excluding carboxylic acids is 1. The second-order valence-corrected chi connectivity index (χ2v) is 6.43. The van der Waals surface area contributed by atoms with Gasteiger partial charge in [0.2, 0.25) is 5.91 Å². The first-order valence-electron chi connectivity index (χ1n) is 8.19. The molecular weight excluding hydrogens is 260 g/mol. The molecule has 0 radical (unpaired) electrons. The summed E-state index contributed by atoms with van der Waals surface area (Å²) in [6, 6.07) is 10.6. The largest absolute Gasteiger partial charge is 0.340 e. The maximum absolute atomic E-state index is 12.2. The van der Waals surface area contributed by atoms with E-state index in [0.29, 0.717) is 11.8 Å². The van der Waals surface area contributed by atoms with Gasteiger partial charge in [0.15, 0.2) is 0 Å². The molecule has 0 unspecified atom stereocenters. The van der Waals surface area contributed by atoms with Gasteiger partial charge in [-0.05, 0) is 17.9 Å². The zero-order valence-corrected chi connectivity index (χ0v) is 13.4. The van der Waals surface area contributed by atoms with Gasteiger partial charge in [-0.25, -0.2) is 0 Å². The molecule has 1 fully saturated rings. The van der Waals surface area contributed by atoms with Crippen molar-refractivity contribution in [1.29, 1.82) is 0 Å². The summed E-state index contributed by atoms with van der Waals surface area (Å²) in [5.74, 6) is 1.04. The molecule has 3 heteroatoms. The molecule has 116 valence electrons. The van der Waals surface area contributed by atoms with Crippen LogP contribution < -0.4 is 0 Å². The molecule has 3 nitrogen and oxygen atoms in total. The van der Waals surface area contributed by atoms with Gasteiger partial charge in [0.05, 0.1) is 0 Å². The highest BCUT2D eigenvalue weighted by molar-refractivity contribution is 5.76. The average molecular weight is 288 g/mol. The summed E-state index contributed by atoms with van der Waals surface area (Å²) in [7, 11) is 0. The molecular formula is C18H28N2O. The fourth-order valence-corrected chi connectivity index (χ4v) is 2.82. The highest BCUT2D eigenvalue weighted by Gasteiger charge is 2.20. The predicted octanol–water partition coefficient (Wildman–Crippen LogP) is 3.16. The van der Waals surface area contributed by atoms with E-state index in [-0.39, 0.29) is 0 Å². The van der Waals surface area contributed by atoms with Crippen LogP contribution in [0.2, 0.25) is 0 Å². The van der Waals surface area contributed by atoms with Gasteiger partial charge in [-0.1, -0.05) is 50.6 Å². The molecule has 1 aliphatic heterocycles. The monoisotopic (exact) mass is 288 g/mol. The van der Waals surface area contributed by atoms with Crippen molar-refractivity contribution in [2.24, 2.45) is 5.92 Å². The van der Waals surface area contributed by atoms with Gasteiger partial charge in [0, 0.05) is 39.1 Å². The lowest BCUT2D eigenvalue weighted by atomic mass is 10.1. The van der Waals surface area contributed by atoms with Crippen LogP contribution in [0.5, 0.6) is 0 Å². The Morgan fingerprint density at radius 3 is 2.38 bits per heavy atom. The third-order valence-corrected chi connectivity index (χ3v) is 4.15. The molecule has 0 aromatic heterocycles. The van der Waals surface area contributed by atoms with Crippen molar-refractivity contribution < 1.29 is 4.79 Å². The first-order valence-corrected chi connectivity index (χ1v) is 8.19. The minimum absolute atomic E-state index is 0.343. The van der Waals surface area contributed by atoms with E-state index >= 15 is 0 Å². The zero-order valence-electron chi connectivity index (χ0n) is 13.4. The van der Waals surface area contributed by atoms with Crippen LogP contribution in [0, 0.1) is 5.92 Å². The number of carbonyl (C=O) groups is 1. The van der Waals surface area contributed by atoms with Crippen molar-refractivity contribution in [3.63, 3.8) is 0 Å². The lowest BCUT2D eigenvalue weighted by Crippen LogP contribution is -2.48. The van der Waals surface area contributed by atoms with Crippen LogP contribution in [-0.2, 0) is 11.3 Å². The summed E-state index contributed by atoms with van der Waals surface area (Å²) in [5, 5.41) is 0. The molecule has 1 aromatic rings. The van der Waals surface area contributed by atoms with Crippen molar-refractivity contribution in [2.75, 3.05) is 26.2 Å². The zero-order chi connectivity index (χ0) is 15.1. The number of nitrogens with zero attached hydrogens (tertiary/aromatic N) is 2. The van der Waals surface area contributed by atoms with Crippen LogP contribution >= 0.6 is 0 Å². The Balaban J connectivity index is 1.69. The van der Waals surface area contributed by atoms with E-state index in [1.165, 1.54) is 5.56 Å². The Bertz CT molecular complexity index is 422. The van der Waals surface area contributed by atoms with Crippen LogP contribution in [0.1, 0.15) is 38.7 Å². The Labute approximate surface area is 128 Å². The van der Waals surface area contributed by atoms with Crippen molar-refractivity contribution >= 4 is 5.91 Å². The second kappa shape index (κ2) is 8.18. The Morgan fingerprint density at radius 1 is 1.10 bits per heavy atom. The first kappa shape index (κ1) is 16.0. The minimum Gasteiger partial charge on any atom is -0.340 e. The maximum atomic E-state index is 12.2. The fourth-order valence-electron chi connectivity index (χ4n) is 2.82. The first-order chi connectivity index (χ1) is 10.1. The molecule has 1 aliphatic rings. The van der Waals surface area contributed by atoms with Gasteiger partial charge < -0.3 is 4.90 Å². The van der Waals surface area contributed by atoms with Gasteiger partial charge >= 0.3 is 0 Å². The SMILES string of the molecule is CC(C)CCCC(=O)N1CCN(Cc2ccccc2)CC1. The number of amides is 1. The van der Waals surface area contributed by atoms with E-state index in [1.807, 2.05) is 4.90 Å². The normalized spacial score (nSPS) is 16.4. The number of rotatable bonds is 6. The number of benzene rings is 1. The molecule has 21 heavy (non-hydrogen) atoms. The maximum Gasteiger partial charge on any atom is 0.222 e. The molecule has 0 spiro atoms. The van der Waals surface area contributed by atoms with E-state index in [1.54, 1.807) is 0 Å².